The first-order chi connectivity index (χ1) is 12.0. The van der Waals surface area contributed by atoms with Crippen molar-refractivity contribution in [1.82, 2.24) is 19.5 Å². The number of aryl methyl sites for hydroxylation is 1. The second kappa shape index (κ2) is 5.85. The lowest BCUT2D eigenvalue weighted by Gasteiger charge is -2.10. The van der Waals surface area contributed by atoms with Crippen molar-refractivity contribution in [2.45, 2.75) is 18.2 Å². The second-order valence-electron chi connectivity index (χ2n) is 5.58. The van der Waals surface area contributed by atoms with Crippen LogP contribution in [0, 0.1) is 6.92 Å². The van der Waals surface area contributed by atoms with Crippen molar-refractivity contribution < 1.29 is 13.2 Å². The molecule has 3 aromatic rings. The first kappa shape index (κ1) is 15.6. The van der Waals surface area contributed by atoms with Gasteiger partial charge in [-0.15, -0.1) is 0 Å². The number of aromatic nitrogens is 4. The van der Waals surface area contributed by atoms with Crippen LogP contribution >= 0.6 is 0 Å². The highest BCUT2D eigenvalue weighted by Gasteiger charge is 2.20. The van der Waals surface area contributed by atoms with E-state index in [0.717, 1.165) is 17.1 Å². The molecule has 0 bridgehead atoms. The number of fused-ring (bicyclic) bond motifs is 1. The Morgan fingerprint density at radius 2 is 2.08 bits per heavy atom. The molecule has 1 aliphatic rings. The third-order valence-corrected chi connectivity index (χ3v) is 5.29. The number of anilines is 1. The van der Waals surface area contributed by atoms with E-state index in [1.54, 1.807) is 35.2 Å². The van der Waals surface area contributed by atoms with Crippen LogP contribution in [-0.4, -0.2) is 34.5 Å². The molecule has 0 amide bonds. The van der Waals surface area contributed by atoms with E-state index in [4.69, 9.17) is 4.74 Å². The molecule has 4 rings (SSSR count). The van der Waals surface area contributed by atoms with Gasteiger partial charge in [0.25, 0.3) is 10.0 Å². The minimum absolute atomic E-state index is 0.177. The van der Waals surface area contributed by atoms with Gasteiger partial charge < -0.3 is 4.74 Å². The molecule has 25 heavy (non-hydrogen) atoms. The van der Waals surface area contributed by atoms with Crippen LogP contribution in [0.5, 0.6) is 5.75 Å². The minimum atomic E-state index is -3.75. The monoisotopic (exact) mass is 357 g/mol. The molecule has 0 aliphatic carbocycles. The summed E-state index contributed by atoms with van der Waals surface area (Å²) in [5.41, 5.74) is 0.889. The SMILES string of the molecule is Cc1nccn1-c1cc(NS(=O)(=O)c2ccc3c(c2)CCO3)ncn1. The summed E-state index contributed by atoms with van der Waals surface area (Å²) in [4.78, 5) is 12.5. The summed E-state index contributed by atoms with van der Waals surface area (Å²) in [5.74, 6) is 2.20. The van der Waals surface area contributed by atoms with Gasteiger partial charge in [0.1, 0.15) is 29.5 Å². The molecule has 0 fully saturated rings. The van der Waals surface area contributed by atoms with Gasteiger partial charge in [0.2, 0.25) is 0 Å². The fourth-order valence-electron chi connectivity index (χ4n) is 2.68. The quantitative estimate of drug-likeness (QED) is 0.763. The van der Waals surface area contributed by atoms with E-state index in [1.165, 1.54) is 12.4 Å². The van der Waals surface area contributed by atoms with Crippen molar-refractivity contribution in [1.29, 1.82) is 0 Å². The summed E-state index contributed by atoms with van der Waals surface area (Å²) in [6.07, 6.45) is 5.41. The highest BCUT2D eigenvalue weighted by molar-refractivity contribution is 7.92. The van der Waals surface area contributed by atoms with Crippen molar-refractivity contribution >= 4 is 15.8 Å². The zero-order valence-corrected chi connectivity index (χ0v) is 14.2. The lowest BCUT2D eigenvalue weighted by molar-refractivity contribution is 0.356. The number of hydrogen-bond donors (Lipinski definition) is 1. The van der Waals surface area contributed by atoms with Crippen LogP contribution in [0.15, 0.2) is 47.9 Å². The normalized spacial score (nSPS) is 13.3. The number of ether oxygens (including phenoxy) is 1. The van der Waals surface area contributed by atoms with Gasteiger partial charge in [-0.25, -0.2) is 23.4 Å². The average Bonchev–Trinajstić information content (AvgIpc) is 3.22. The topological polar surface area (TPSA) is 99.0 Å². The molecular weight excluding hydrogens is 342 g/mol. The zero-order valence-electron chi connectivity index (χ0n) is 13.4. The molecule has 0 atom stereocenters. The Morgan fingerprint density at radius 3 is 2.88 bits per heavy atom. The molecule has 8 nitrogen and oxygen atoms in total. The number of rotatable bonds is 4. The fourth-order valence-corrected chi connectivity index (χ4v) is 3.73. The van der Waals surface area contributed by atoms with Crippen LogP contribution in [0.25, 0.3) is 5.82 Å². The van der Waals surface area contributed by atoms with E-state index >= 15 is 0 Å². The summed E-state index contributed by atoms with van der Waals surface area (Å²) in [6.45, 7) is 2.41. The van der Waals surface area contributed by atoms with Gasteiger partial charge in [-0.3, -0.25) is 9.29 Å². The van der Waals surface area contributed by atoms with E-state index in [1.807, 2.05) is 6.92 Å². The summed E-state index contributed by atoms with van der Waals surface area (Å²) in [7, 11) is -3.75. The number of nitrogens with zero attached hydrogens (tertiary/aromatic N) is 4. The maximum atomic E-state index is 12.6. The molecule has 1 N–H and O–H groups in total. The third kappa shape index (κ3) is 2.93. The highest BCUT2D eigenvalue weighted by Crippen LogP contribution is 2.28. The van der Waals surface area contributed by atoms with E-state index in [2.05, 4.69) is 19.7 Å². The maximum absolute atomic E-state index is 12.6. The summed E-state index contributed by atoms with van der Waals surface area (Å²) >= 11 is 0. The standard InChI is InChI=1S/C16H15N5O3S/c1-11-17-5-6-21(11)16-9-15(18-10-19-16)20-25(22,23)13-2-3-14-12(8-13)4-7-24-14/h2-3,5-6,8-10H,4,7H2,1H3,(H,18,19,20). The minimum Gasteiger partial charge on any atom is -0.493 e. The number of sulfonamides is 1. The number of nitrogens with one attached hydrogen (secondary N) is 1. The van der Waals surface area contributed by atoms with E-state index in [9.17, 15) is 8.42 Å². The molecule has 1 aliphatic heterocycles. The van der Waals surface area contributed by atoms with Crippen LogP contribution in [0.2, 0.25) is 0 Å². The molecule has 0 spiro atoms. The number of hydrogen-bond acceptors (Lipinski definition) is 6. The molecule has 128 valence electrons. The predicted molar refractivity (Wildman–Crippen MR) is 90.3 cm³/mol. The number of benzene rings is 1. The van der Waals surface area contributed by atoms with Gasteiger partial charge in [0, 0.05) is 24.9 Å². The molecule has 0 saturated heterocycles. The molecule has 0 unspecified atom stereocenters. The second-order valence-corrected chi connectivity index (χ2v) is 7.26. The predicted octanol–water partition coefficient (Wildman–Crippen LogP) is 1.71. The van der Waals surface area contributed by atoms with Crippen LogP contribution in [0.3, 0.4) is 0 Å². The van der Waals surface area contributed by atoms with Crippen molar-refractivity contribution in [2.75, 3.05) is 11.3 Å². The highest BCUT2D eigenvalue weighted by atomic mass is 32.2. The van der Waals surface area contributed by atoms with Gasteiger partial charge in [0.15, 0.2) is 0 Å². The van der Waals surface area contributed by atoms with E-state index < -0.39 is 10.0 Å². The summed E-state index contributed by atoms with van der Waals surface area (Å²) in [5, 5.41) is 0. The molecule has 2 aromatic heterocycles. The van der Waals surface area contributed by atoms with E-state index in [-0.39, 0.29) is 10.7 Å². The Balaban J connectivity index is 1.64. The van der Waals surface area contributed by atoms with Crippen molar-refractivity contribution in [2.24, 2.45) is 0 Å². The van der Waals surface area contributed by atoms with Crippen LogP contribution in [0.4, 0.5) is 5.82 Å². The third-order valence-electron chi connectivity index (χ3n) is 3.94. The van der Waals surface area contributed by atoms with Gasteiger partial charge in [0.05, 0.1) is 11.5 Å². The molecule has 3 heterocycles. The number of imidazole rings is 1. The lowest BCUT2D eigenvalue weighted by atomic mass is 10.2. The van der Waals surface area contributed by atoms with Gasteiger partial charge in [-0.1, -0.05) is 0 Å². The van der Waals surface area contributed by atoms with Crippen molar-refractivity contribution in [3.63, 3.8) is 0 Å². The Kier molecular flexibility index (Phi) is 3.65. The fraction of sp³-hybridized carbons (Fsp3) is 0.188. The maximum Gasteiger partial charge on any atom is 0.263 e. The van der Waals surface area contributed by atoms with Crippen LogP contribution in [0.1, 0.15) is 11.4 Å². The van der Waals surface area contributed by atoms with Crippen molar-refractivity contribution in [3.8, 4) is 11.6 Å². The van der Waals surface area contributed by atoms with Gasteiger partial charge in [-0.2, -0.15) is 0 Å². The smallest absolute Gasteiger partial charge is 0.263 e. The molecule has 9 heteroatoms. The molecule has 0 saturated carbocycles. The Morgan fingerprint density at radius 1 is 1.20 bits per heavy atom. The molecule has 1 aromatic carbocycles. The molecular formula is C16H15N5O3S. The Labute approximate surface area is 144 Å². The van der Waals surface area contributed by atoms with Gasteiger partial charge in [-0.05, 0) is 30.7 Å². The molecule has 0 radical (unpaired) electrons. The first-order valence-corrected chi connectivity index (χ1v) is 9.12. The van der Waals surface area contributed by atoms with Crippen LogP contribution in [-0.2, 0) is 16.4 Å². The Bertz CT molecular complexity index is 1050. The summed E-state index contributed by atoms with van der Waals surface area (Å²) < 4.78 is 34.9. The largest absolute Gasteiger partial charge is 0.493 e. The summed E-state index contributed by atoms with van der Waals surface area (Å²) in [6, 6.07) is 6.39. The van der Waals surface area contributed by atoms with Crippen molar-refractivity contribution in [3.05, 3.63) is 54.4 Å². The Hall–Kier alpha value is -2.94. The average molecular weight is 357 g/mol. The van der Waals surface area contributed by atoms with E-state index in [0.29, 0.717) is 18.8 Å². The van der Waals surface area contributed by atoms with Gasteiger partial charge >= 0.3 is 0 Å². The first-order valence-electron chi connectivity index (χ1n) is 7.64. The van der Waals surface area contributed by atoms with Crippen LogP contribution < -0.4 is 9.46 Å². The zero-order chi connectivity index (χ0) is 17.4. The lowest BCUT2D eigenvalue weighted by Crippen LogP contribution is -2.14.